The second kappa shape index (κ2) is 6.92. The highest BCUT2D eigenvalue weighted by molar-refractivity contribution is 7.18. The fourth-order valence-corrected chi connectivity index (χ4v) is 4.03. The van der Waals surface area contributed by atoms with Crippen LogP contribution in [-0.2, 0) is 12.8 Å². The van der Waals surface area contributed by atoms with Crippen LogP contribution in [0.15, 0.2) is 42.7 Å². The van der Waals surface area contributed by atoms with E-state index in [0.29, 0.717) is 0 Å². The molecule has 0 aliphatic heterocycles. The summed E-state index contributed by atoms with van der Waals surface area (Å²) < 4.78 is 0. The van der Waals surface area contributed by atoms with Crippen LogP contribution < -0.4 is 5.32 Å². The quantitative estimate of drug-likeness (QED) is 0.550. The van der Waals surface area contributed by atoms with Crippen LogP contribution in [0.4, 0.5) is 5.13 Å². The molecule has 0 atom stereocenters. The summed E-state index contributed by atoms with van der Waals surface area (Å²) >= 11 is 1.57. The van der Waals surface area contributed by atoms with E-state index in [2.05, 4.69) is 60.8 Å². The van der Waals surface area contributed by atoms with Crippen molar-refractivity contribution < 1.29 is 0 Å². The minimum absolute atomic E-state index is 0.772. The molecule has 0 fully saturated rings. The topological polar surface area (TPSA) is 79.4 Å². The molecule has 4 aromatic rings. The molecule has 1 aliphatic rings. The number of imidazole rings is 1. The van der Waals surface area contributed by atoms with Crippen LogP contribution in [0.3, 0.4) is 0 Å². The van der Waals surface area contributed by atoms with E-state index >= 15 is 0 Å². The van der Waals surface area contributed by atoms with Crippen molar-refractivity contribution in [2.24, 2.45) is 0 Å². The van der Waals surface area contributed by atoms with Gasteiger partial charge < -0.3 is 10.3 Å². The maximum atomic E-state index is 4.68. The Morgan fingerprint density at radius 3 is 3.11 bits per heavy atom. The zero-order valence-corrected chi connectivity index (χ0v) is 15.5. The number of aromatic amines is 1. The lowest BCUT2D eigenvalue weighted by Crippen LogP contribution is -2.05. The molecule has 0 spiro atoms. The van der Waals surface area contributed by atoms with E-state index in [9.17, 15) is 0 Å². The Morgan fingerprint density at radius 1 is 1.15 bits per heavy atom. The van der Waals surface area contributed by atoms with Crippen molar-refractivity contribution in [1.29, 1.82) is 0 Å². The van der Waals surface area contributed by atoms with Gasteiger partial charge in [-0.15, -0.1) is 10.2 Å². The Balaban J connectivity index is 1.25. The Kier molecular flexibility index (Phi) is 4.14. The van der Waals surface area contributed by atoms with E-state index in [1.165, 1.54) is 5.69 Å². The number of fused-ring (bicyclic) bond motifs is 2. The van der Waals surface area contributed by atoms with Crippen molar-refractivity contribution in [1.82, 2.24) is 25.1 Å². The summed E-state index contributed by atoms with van der Waals surface area (Å²) in [5.74, 6) is 1.02. The SMILES string of the molecule is C1=Cc2[nH]c(CCNc3nnc(-c4ccc5cnccc5c4)s3)nc2CC1. The fourth-order valence-electron chi connectivity index (χ4n) is 3.26. The van der Waals surface area contributed by atoms with Gasteiger partial charge in [0.1, 0.15) is 10.8 Å². The molecule has 3 heterocycles. The van der Waals surface area contributed by atoms with E-state index in [1.54, 1.807) is 11.3 Å². The van der Waals surface area contributed by atoms with Gasteiger partial charge in [0.05, 0.1) is 11.4 Å². The number of allylic oxidation sites excluding steroid dienone is 1. The van der Waals surface area contributed by atoms with Gasteiger partial charge in [0.25, 0.3) is 0 Å². The molecule has 0 amide bonds. The number of anilines is 1. The summed E-state index contributed by atoms with van der Waals surface area (Å²) in [6.07, 6.45) is 10.9. The van der Waals surface area contributed by atoms with Gasteiger partial charge in [-0.1, -0.05) is 29.5 Å². The third kappa shape index (κ3) is 3.33. The van der Waals surface area contributed by atoms with Gasteiger partial charge in [-0.25, -0.2) is 4.98 Å². The zero-order valence-electron chi connectivity index (χ0n) is 14.6. The molecule has 27 heavy (non-hydrogen) atoms. The molecular formula is C20H18N6S. The van der Waals surface area contributed by atoms with Crippen LogP contribution in [0, 0.1) is 0 Å². The average molecular weight is 374 g/mol. The van der Waals surface area contributed by atoms with Crippen LogP contribution in [0.2, 0.25) is 0 Å². The van der Waals surface area contributed by atoms with Crippen LogP contribution in [-0.4, -0.2) is 31.7 Å². The van der Waals surface area contributed by atoms with Gasteiger partial charge in [0.2, 0.25) is 5.13 Å². The Morgan fingerprint density at radius 2 is 2.15 bits per heavy atom. The van der Waals surface area contributed by atoms with Crippen LogP contribution >= 0.6 is 11.3 Å². The first-order valence-electron chi connectivity index (χ1n) is 9.01. The lowest BCUT2D eigenvalue weighted by atomic mass is 10.1. The summed E-state index contributed by atoms with van der Waals surface area (Å²) in [5, 5.41) is 16.0. The number of H-pyrrole nitrogens is 1. The Hall–Kier alpha value is -3.06. The van der Waals surface area contributed by atoms with Crippen molar-refractivity contribution in [2.75, 3.05) is 11.9 Å². The molecule has 5 rings (SSSR count). The zero-order chi connectivity index (χ0) is 18.1. The van der Waals surface area contributed by atoms with Crippen molar-refractivity contribution in [2.45, 2.75) is 19.3 Å². The van der Waals surface area contributed by atoms with Gasteiger partial charge in [-0.3, -0.25) is 4.98 Å². The Bertz CT molecular complexity index is 1130. The van der Waals surface area contributed by atoms with Gasteiger partial charge in [0, 0.05) is 36.3 Å². The number of hydrogen-bond donors (Lipinski definition) is 2. The lowest BCUT2D eigenvalue weighted by Gasteiger charge is -2.00. The highest BCUT2D eigenvalue weighted by Gasteiger charge is 2.11. The van der Waals surface area contributed by atoms with Crippen molar-refractivity contribution in [3.8, 4) is 10.6 Å². The van der Waals surface area contributed by atoms with Crippen LogP contribution in [0.25, 0.3) is 27.4 Å². The van der Waals surface area contributed by atoms with E-state index in [-0.39, 0.29) is 0 Å². The Labute approximate surface area is 160 Å². The number of nitrogens with zero attached hydrogens (tertiary/aromatic N) is 4. The number of nitrogens with one attached hydrogen (secondary N) is 2. The molecule has 1 aromatic carbocycles. The van der Waals surface area contributed by atoms with Crippen LogP contribution in [0.1, 0.15) is 23.6 Å². The first kappa shape index (κ1) is 16.1. The van der Waals surface area contributed by atoms with Gasteiger partial charge >= 0.3 is 0 Å². The molecule has 0 bridgehead atoms. The molecule has 134 valence electrons. The minimum atomic E-state index is 0.772. The summed E-state index contributed by atoms with van der Waals surface area (Å²) in [4.78, 5) is 12.2. The molecule has 2 N–H and O–H groups in total. The molecule has 3 aromatic heterocycles. The maximum absolute atomic E-state index is 4.68. The fraction of sp³-hybridized carbons (Fsp3) is 0.200. The number of aryl methyl sites for hydroxylation is 1. The standard InChI is InChI=1S/C20H18N6S/c1-2-4-17-16(3-1)23-18(24-17)8-10-22-20-26-25-19(27-20)14-5-6-15-12-21-9-7-13(15)11-14/h1,3,5-7,9,11-12H,2,4,8,10H2,(H,22,26)(H,23,24). The molecule has 0 saturated heterocycles. The van der Waals surface area contributed by atoms with E-state index in [4.69, 9.17) is 0 Å². The number of hydrogen-bond acceptors (Lipinski definition) is 6. The predicted molar refractivity (Wildman–Crippen MR) is 109 cm³/mol. The molecule has 0 radical (unpaired) electrons. The monoisotopic (exact) mass is 374 g/mol. The highest BCUT2D eigenvalue weighted by atomic mass is 32.1. The molecule has 7 heteroatoms. The van der Waals surface area contributed by atoms with Gasteiger partial charge in [-0.2, -0.15) is 0 Å². The van der Waals surface area contributed by atoms with Crippen molar-refractivity contribution in [3.05, 3.63) is 59.9 Å². The molecule has 0 saturated carbocycles. The minimum Gasteiger partial charge on any atom is -0.360 e. The number of benzene rings is 1. The average Bonchev–Trinajstić information content (AvgIpc) is 3.34. The first-order valence-corrected chi connectivity index (χ1v) is 9.83. The number of rotatable bonds is 5. The predicted octanol–water partition coefficient (Wildman–Crippen LogP) is 4.09. The van der Waals surface area contributed by atoms with E-state index in [0.717, 1.165) is 63.8 Å². The smallest absolute Gasteiger partial charge is 0.206 e. The molecular weight excluding hydrogens is 356 g/mol. The summed E-state index contributed by atoms with van der Waals surface area (Å²) in [6.45, 7) is 0.772. The number of aromatic nitrogens is 5. The lowest BCUT2D eigenvalue weighted by molar-refractivity contribution is 0.895. The van der Waals surface area contributed by atoms with Crippen molar-refractivity contribution >= 4 is 33.3 Å². The summed E-state index contributed by atoms with van der Waals surface area (Å²) in [7, 11) is 0. The molecule has 1 aliphatic carbocycles. The largest absolute Gasteiger partial charge is 0.360 e. The number of pyridine rings is 1. The third-order valence-corrected chi connectivity index (χ3v) is 5.57. The second-order valence-corrected chi connectivity index (χ2v) is 7.49. The van der Waals surface area contributed by atoms with Gasteiger partial charge in [-0.05, 0) is 36.4 Å². The third-order valence-electron chi connectivity index (χ3n) is 4.64. The highest BCUT2D eigenvalue weighted by Crippen LogP contribution is 2.28. The first-order chi connectivity index (χ1) is 13.3. The van der Waals surface area contributed by atoms with Gasteiger partial charge in [0.15, 0.2) is 0 Å². The normalized spacial score (nSPS) is 13.0. The van der Waals surface area contributed by atoms with E-state index in [1.807, 2.05) is 18.5 Å². The molecule has 0 unspecified atom stereocenters. The summed E-state index contributed by atoms with van der Waals surface area (Å²) in [5.41, 5.74) is 3.41. The summed E-state index contributed by atoms with van der Waals surface area (Å²) in [6, 6.07) is 8.27. The molecule has 6 nitrogen and oxygen atoms in total. The van der Waals surface area contributed by atoms with Crippen molar-refractivity contribution in [3.63, 3.8) is 0 Å². The maximum Gasteiger partial charge on any atom is 0.206 e. The second-order valence-electron chi connectivity index (χ2n) is 6.51. The van der Waals surface area contributed by atoms with E-state index < -0.39 is 0 Å². The van der Waals surface area contributed by atoms with Crippen LogP contribution in [0.5, 0.6) is 0 Å².